The van der Waals surface area contributed by atoms with E-state index in [9.17, 15) is 37.7 Å². The average molecular weight is 1220 g/mol. The smallest absolute Gasteiger partial charge is 0.413 e. The molecule has 7 N–H and O–H groups in total. The van der Waals surface area contributed by atoms with E-state index in [0.29, 0.717) is 80.9 Å². The average Bonchev–Trinajstić information content (AvgIpc) is 2.84. The van der Waals surface area contributed by atoms with Crippen LogP contribution in [0, 0.1) is 45.3 Å². The molecule has 0 aromatic heterocycles. The van der Waals surface area contributed by atoms with Gasteiger partial charge in [-0.05, 0) is 143 Å². The van der Waals surface area contributed by atoms with E-state index in [1.165, 1.54) is 65.6 Å². The number of aliphatic imine (C=N–C) groups is 3. The Bertz CT molecular complexity index is 2880. The van der Waals surface area contributed by atoms with E-state index in [1.54, 1.807) is 95.8 Å². The molecular formula is C57H76F3N9O11S3. The summed E-state index contributed by atoms with van der Waals surface area (Å²) in [5, 5.41) is 20.4. The summed E-state index contributed by atoms with van der Waals surface area (Å²) in [6.45, 7) is 16.0. The molecule has 3 aromatic rings. The number of rotatable bonds is 7. The number of nitrogens with two attached hydrogens (primary N) is 2. The molecule has 0 spiro atoms. The van der Waals surface area contributed by atoms with E-state index < -0.39 is 62.4 Å². The quantitative estimate of drug-likeness (QED) is 0.0636. The molecule has 3 saturated carbocycles. The number of carbonyl (C=O) groups is 3. The number of methoxy groups -OCH3 is 3. The third-order valence-electron chi connectivity index (χ3n) is 15.0. The largest absolute Gasteiger partial charge is 0.444 e. The molecule has 9 atom stereocenters. The van der Waals surface area contributed by atoms with Crippen LogP contribution in [0.4, 0.5) is 44.6 Å². The van der Waals surface area contributed by atoms with Crippen molar-refractivity contribution in [2.75, 3.05) is 50.1 Å². The van der Waals surface area contributed by atoms with Gasteiger partial charge in [0.15, 0.2) is 15.5 Å². The van der Waals surface area contributed by atoms with Gasteiger partial charge in [0.2, 0.25) is 0 Å². The van der Waals surface area contributed by atoms with Gasteiger partial charge in [-0.25, -0.2) is 27.6 Å². The molecule has 0 saturated heterocycles. The first-order valence-corrected chi connectivity index (χ1v) is 30.1. The van der Waals surface area contributed by atoms with Gasteiger partial charge in [-0.15, -0.1) is 0 Å². The van der Waals surface area contributed by atoms with Gasteiger partial charge in [0, 0.05) is 96.5 Å². The summed E-state index contributed by atoms with van der Waals surface area (Å²) in [4.78, 5) is 61.5. The van der Waals surface area contributed by atoms with Gasteiger partial charge in [-0.2, -0.15) is 0 Å². The summed E-state index contributed by atoms with van der Waals surface area (Å²) >= 11 is 4.17. The van der Waals surface area contributed by atoms with E-state index in [-0.39, 0.29) is 59.0 Å². The monoisotopic (exact) mass is 1220 g/mol. The predicted molar refractivity (Wildman–Crippen MR) is 318 cm³/mol. The number of amidine groups is 3. The van der Waals surface area contributed by atoms with Crippen molar-refractivity contribution < 1.29 is 60.9 Å². The first-order chi connectivity index (χ1) is 38.8. The lowest BCUT2D eigenvalue weighted by molar-refractivity contribution is -0.385. The Labute approximate surface area is 494 Å². The maximum absolute atomic E-state index is 14.8. The van der Waals surface area contributed by atoms with E-state index in [1.807, 2.05) is 0 Å². The number of amides is 3. The minimum Gasteiger partial charge on any atom is -0.444 e. The van der Waals surface area contributed by atoms with Crippen LogP contribution in [0.25, 0.3) is 0 Å². The Morgan fingerprint density at radius 2 is 0.831 bits per heavy atom. The van der Waals surface area contributed by atoms with Crippen molar-refractivity contribution in [1.82, 2.24) is 16.0 Å². The Morgan fingerprint density at radius 3 is 1.11 bits per heavy atom. The maximum atomic E-state index is 14.8. The first kappa shape index (κ1) is 64.8. The van der Waals surface area contributed by atoms with E-state index >= 15 is 0 Å². The van der Waals surface area contributed by atoms with Gasteiger partial charge < -0.3 is 39.9 Å². The highest BCUT2D eigenvalue weighted by Crippen LogP contribution is 2.55. The predicted octanol–water partition coefficient (Wildman–Crippen LogP) is 11.3. The summed E-state index contributed by atoms with van der Waals surface area (Å²) in [6, 6.07) is 12.6. The van der Waals surface area contributed by atoms with Gasteiger partial charge in [0.1, 0.15) is 34.3 Å². The SMILES string of the molecule is CO[C@@H]1CC[C@]2(c3cc(N)ccc3F)N=C(NC(=O)OC(C)(C)C)SC[C@H]12.CO[C@@H]1CC[C@]2(c3cc([N+](=O)[O-])ccc3F)N=C(NC(=O)OC(C)(C)C)SC[C@H]12.CO[C@H]1CC[C@]2(c3cc(N)ccc3F)N=C(NC(=O)OC(C)(C)C)SC[C@H]12. The van der Waals surface area contributed by atoms with Crippen LogP contribution in [-0.4, -0.2) is 112 Å². The fourth-order valence-electron chi connectivity index (χ4n) is 11.6. The number of thioether (sulfide) groups is 3. The van der Waals surface area contributed by atoms with Gasteiger partial charge >= 0.3 is 18.3 Å². The number of benzene rings is 3. The first-order valence-electron chi connectivity index (χ1n) is 27.2. The number of ether oxygens (including phenoxy) is 6. The number of hydrogen-bond acceptors (Lipinski definition) is 19. The summed E-state index contributed by atoms with van der Waals surface area (Å²) < 4.78 is 77.1. The molecule has 454 valence electrons. The molecule has 3 fully saturated rings. The zero-order valence-corrected chi connectivity index (χ0v) is 51.3. The summed E-state index contributed by atoms with van der Waals surface area (Å²) in [7, 11) is 4.92. The van der Waals surface area contributed by atoms with Crippen LogP contribution in [0.5, 0.6) is 0 Å². The van der Waals surface area contributed by atoms with Crippen molar-refractivity contribution in [2.24, 2.45) is 32.7 Å². The number of alkyl carbamates (subject to hydrolysis) is 3. The minimum atomic E-state index is -1.05. The van der Waals surface area contributed by atoms with Crippen molar-refractivity contribution in [3.05, 3.63) is 98.9 Å². The number of nitrogen functional groups attached to an aromatic ring is 2. The Balaban J connectivity index is 0.000000179. The lowest BCUT2D eigenvalue weighted by Gasteiger charge is -2.38. The molecule has 0 radical (unpaired) electrons. The normalized spacial score (nSPS) is 27.2. The molecule has 20 nitrogen and oxygen atoms in total. The number of nitro benzene ring substituents is 1. The molecule has 3 aromatic carbocycles. The van der Waals surface area contributed by atoms with E-state index in [2.05, 4.69) is 16.0 Å². The van der Waals surface area contributed by atoms with Gasteiger partial charge in [0.05, 0.1) is 39.9 Å². The second kappa shape index (κ2) is 25.8. The molecule has 3 heterocycles. The molecule has 0 bridgehead atoms. The van der Waals surface area contributed by atoms with Crippen LogP contribution in [-0.2, 0) is 45.0 Å². The Hall–Kier alpha value is -5.80. The molecule has 26 heteroatoms. The zero-order valence-electron chi connectivity index (χ0n) is 48.8. The topological polar surface area (TPSA) is 275 Å². The molecule has 83 heavy (non-hydrogen) atoms. The van der Waals surface area contributed by atoms with Crippen molar-refractivity contribution in [2.45, 2.75) is 153 Å². The summed E-state index contributed by atoms with van der Waals surface area (Å²) in [5.74, 6) is 0.373. The third kappa shape index (κ3) is 15.2. The van der Waals surface area contributed by atoms with Crippen LogP contribution in [0.2, 0.25) is 0 Å². The number of anilines is 2. The van der Waals surface area contributed by atoms with Crippen molar-refractivity contribution in [1.29, 1.82) is 0 Å². The number of nitrogens with one attached hydrogen (secondary N) is 3. The second-order valence-electron chi connectivity index (χ2n) is 24.0. The van der Waals surface area contributed by atoms with Crippen molar-refractivity contribution in [3.63, 3.8) is 0 Å². The molecule has 3 amide bonds. The second-order valence-corrected chi connectivity index (χ2v) is 27.0. The lowest BCUT2D eigenvalue weighted by Crippen LogP contribution is -2.44. The molecule has 0 unspecified atom stereocenters. The molecular weight excluding hydrogens is 1140 g/mol. The number of carbonyl (C=O) groups excluding carboxylic acids is 3. The molecule has 6 aliphatic rings. The minimum absolute atomic E-state index is 0.00649. The lowest BCUT2D eigenvalue weighted by atomic mass is 9.80. The van der Waals surface area contributed by atoms with Crippen LogP contribution in [0.1, 0.15) is 118 Å². The fraction of sp³-hybridized carbons (Fsp3) is 0.579. The van der Waals surface area contributed by atoms with E-state index in [0.717, 1.165) is 25.0 Å². The number of nitrogens with zero attached hydrogens (tertiary/aromatic N) is 4. The van der Waals surface area contributed by atoms with Crippen LogP contribution >= 0.6 is 35.3 Å². The fourth-order valence-corrected chi connectivity index (χ4v) is 15.2. The molecule has 3 aliphatic carbocycles. The Kier molecular flexibility index (Phi) is 20.1. The van der Waals surface area contributed by atoms with Crippen molar-refractivity contribution in [3.8, 4) is 0 Å². The van der Waals surface area contributed by atoms with Gasteiger partial charge in [0.25, 0.3) is 5.69 Å². The molecule has 9 rings (SSSR count). The Morgan fingerprint density at radius 1 is 0.542 bits per heavy atom. The van der Waals surface area contributed by atoms with Gasteiger partial charge in [-0.1, -0.05) is 35.3 Å². The van der Waals surface area contributed by atoms with Crippen LogP contribution < -0.4 is 27.4 Å². The standard InChI is InChI=1S/C19H24FN3O5S.2C19H26FN3O3S/c1-18(2,3)28-17(24)21-16-22-19(8-7-15(27-4)13(19)10-29-16)12-9-11(23(25)26)5-6-14(12)20;2*1-18(2,3)26-17(24)22-16-23-19(12-9-11(21)5-6-14(12)20)8-7-15(25-4)13(19)10-27-16/h5-6,9,13,15H,7-8,10H2,1-4H3,(H,21,22,24);2*5-6,9,13,15H,7-8,10,21H2,1-4H3,(H,22,23,24)/t13-,15-,19-;13-,15+,19-;13-,15-,19-/m111/s1. The third-order valence-corrected chi connectivity index (χ3v) is 18.0. The summed E-state index contributed by atoms with van der Waals surface area (Å²) in [6.07, 6.45) is 1.85. The number of nitro groups is 1. The molecule has 3 aliphatic heterocycles. The number of non-ortho nitro benzene ring substituents is 1. The van der Waals surface area contributed by atoms with E-state index in [4.69, 9.17) is 54.9 Å². The number of halogens is 3. The highest BCUT2D eigenvalue weighted by molar-refractivity contribution is 8.14. The highest BCUT2D eigenvalue weighted by atomic mass is 32.2. The van der Waals surface area contributed by atoms with Gasteiger partial charge in [-0.3, -0.25) is 41.0 Å². The maximum Gasteiger partial charge on any atom is 0.413 e. The number of fused-ring (bicyclic) bond motifs is 3. The highest BCUT2D eigenvalue weighted by Gasteiger charge is 2.56. The summed E-state index contributed by atoms with van der Waals surface area (Å²) in [5.41, 5.74) is 9.10. The number of hydrogen-bond donors (Lipinski definition) is 5. The zero-order chi connectivity index (χ0) is 61.0. The van der Waals surface area contributed by atoms with Crippen LogP contribution in [0.15, 0.2) is 69.6 Å². The van der Waals surface area contributed by atoms with Crippen LogP contribution in [0.3, 0.4) is 0 Å². The van der Waals surface area contributed by atoms with Crippen molar-refractivity contribution >= 4 is 86.1 Å².